The van der Waals surface area contributed by atoms with Crippen LogP contribution in [-0.2, 0) is 0 Å². The van der Waals surface area contributed by atoms with Gasteiger partial charge in [-0.3, -0.25) is 15.1 Å². The molecule has 0 fully saturated rings. The molecule has 1 aromatic carbocycles. The number of nitrogens with one attached hydrogen (secondary N) is 2. The predicted octanol–water partition coefficient (Wildman–Crippen LogP) is 2.02. The van der Waals surface area contributed by atoms with Gasteiger partial charge in [0.1, 0.15) is 17.2 Å². The Bertz CT molecular complexity index is 777. The molecule has 0 unspecified atom stereocenters. The first-order valence-corrected chi connectivity index (χ1v) is 7.97. The Morgan fingerprint density at radius 2 is 1.96 bits per heavy atom. The lowest BCUT2D eigenvalue weighted by atomic mass is 10.2. The van der Waals surface area contributed by atoms with Gasteiger partial charge in [-0.2, -0.15) is 0 Å². The van der Waals surface area contributed by atoms with Crippen molar-refractivity contribution in [3.8, 4) is 11.5 Å². The Morgan fingerprint density at radius 3 is 2.56 bits per heavy atom. The van der Waals surface area contributed by atoms with E-state index in [1.807, 2.05) is 26.2 Å². The number of amides is 1. The minimum Gasteiger partial charge on any atom is -0.496 e. The number of rotatable bonds is 7. The standard InChI is InChI=1S/C17H25N5O3.2ClH/c1-19-17(18)21-16(23)12-10-11-13(24-4)6-7-14(15(11)20-12)25-9-5-8-22(2)3;;/h6-7,10,20H,5,8-9H2,1-4H3,(H3,18,19,21,23);2*1H. The Balaban J connectivity index is 0.00000338. The van der Waals surface area contributed by atoms with Gasteiger partial charge >= 0.3 is 0 Å². The van der Waals surface area contributed by atoms with Gasteiger partial charge in [0.2, 0.25) is 0 Å². The predicted molar refractivity (Wildman–Crippen MR) is 113 cm³/mol. The quantitative estimate of drug-likeness (QED) is 0.361. The van der Waals surface area contributed by atoms with Crippen LogP contribution in [-0.4, -0.2) is 63.2 Å². The first kappa shape index (κ1) is 24.8. The third kappa shape index (κ3) is 6.50. The van der Waals surface area contributed by atoms with Crippen molar-refractivity contribution in [2.24, 2.45) is 10.7 Å². The molecule has 0 saturated carbocycles. The number of guanidine groups is 1. The monoisotopic (exact) mass is 419 g/mol. The van der Waals surface area contributed by atoms with Crippen LogP contribution in [0.25, 0.3) is 10.9 Å². The molecule has 0 aliphatic carbocycles. The number of nitrogens with zero attached hydrogens (tertiary/aromatic N) is 2. The second-order valence-corrected chi connectivity index (χ2v) is 5.81. The lowest BCUT2D eigenvalue weighted by molar-refractivity contribution is 0.0972. The van der Waals surface area contributed by atoms with Crippen molar-refractivity contribution < 1.29 is 14.3 Å². The topological polar surface area (TPSA) is 105 Å². The molecule has 8 nitrogen and oxygen atoms in total. The zero-order valence-electron chi connectivity index (χ0n) is 15.9. The van der Waals surface area contributed by atoms with E-state index in [2.05, 4.69) is 20.2 Å². The van der Waals surface area contributed by atoms with Crippen LogP contribution in [0.5, 0.6) is 11.5 Å². The van der Waals surface area contributed by atoms with Crippen LogP contribution in [0.1, 0.15) is 16.9 Å². The molecule has 4 N–H and O–H groups in total. The van der Waals surface area contributed by atoms with Gasteiger partial charge in [-0.25, -0.2) is 0 Å². The van der Waals surface area contributed by atoms with Crippen molar-refractivity contribution in [2.75, 3.05) is 41.4 Å². The number of hydrogen-bond donors (Lipinski definition) is 3. The summed E-state index contributed by atoms with van der Waals surface area (Å²) in [5, 5.41) is 3.27. The van der Waals surface area contributed by atoms with Gasteiger partial charge in [-0.15, -0.1) is 24.8 Å². The van der Waals surface area contributed by atoms with Crippen molar-refractivity contribution in [2.45, 2.75) is 6.42 Å². The number of fused-ring (bicyclic) bond motifs is 1. The molecular weight excluding hydrogens is 393 g/mol. The van der Waals surface area contributed by atoms with E-state index in [-0.39, 0.29) is 36.7 Å². The highest BCUT2D eigenvalue weighted by Gasteiger charge is 2.16. The van der Waals surface area contributed by atoms with Crippen LogP contribution in [0.15, 0.2) is 23.2 Å². The molecule has 27 heavy (non-hydrogen) atoms. The van der Waals surface area contributed by atoms with E-state index in [4.69, 9.17) is 15.2 Å². The molecule has 152 valence electrons. The fraction of sp³-hybridized carbons (Fsp3) is 0.412. The van der Waals surface area contributed by atoms with Crippen LogP contribution in [0.4, 0.5) is 0 Å². The van der Waals surface area contributed by atoms with Gasteiger partial charge in [0.15, 0.2) is 5.96 Å². The average molecular weight is 420 g/mol. The number of carbonyl (C=O) groups is 1. The van der Waals surface area contributed by atoms with Crippen molar-refractivity contribution in [1.29, 1.82) is 0 Å². The number of aromatic amines is 1. The van der Waals surface area contributed by atoms with Crippen molar-refractivity contribution in [3.63, 3.8) is 0 Å². The highest BCUT2D eigenvalue weighted by molar-refractivity contribution is 6.07. The highest BCUT2D eigenvalue weighted by Crippen LogP contribution is 2.33. The van der Waals surface area contributed by atoms with E-state index in [9.17, 15) is 4.79 Å². The van der Waals surface area contributed by atoms with Crippen LogP contribution in [0.2, 0.25) is 0 Å². The lowest BCUT2D eigenvalue weighted by Crippen LogP contribution is -2.36. The molecule has 1 heterocycles. The molecule has 2 rings (SSSR count). The summed E-state index contributed by atoms with van der Waals surface area (Å²) >= 11 is 0. The SMILES string of the molecule is CN=C(N)NC(=O)c1cc2c(OC)ccc(OCCCN(C)C)c2[nH]1.Cl.Cl. The summed E-state index contributed by atoms with van der Waals surface area (Å²) < 4.78 is 11.2. The maximum atomic E-state index is 12.2. The largest absolute Gasteiger partial charge is 0.496 e. The Hall–Kier alpha value is -2.16. The fourth-order valence-electron chi connectivity index (χ4n) is 2.39. The smallest absolute Gasteiger partial charge is 0.274 e. The summed E-state index contributed by atoms with van der Waals surface area (Å²) in [7, 11) is 7.13. The summed E-state index contributed by atoms with van der Waals surface area (Å²) in [6.07, 6.45) is 0.901. The molecule has 0 aliphatic heterocycles. The zero-order valence-corrected chi connectivity index (χ0v) is 17.5. The number of aromatic nitrogens is 1. The zero-order chi connectivity index (χ0) is 18.4. The molecule has 0 spiro atoms. The second-order valence-electron chi connectivity index (χ2n) is 5.81. The molecule has 0 saturated heterocycles. The van der Waals surface area contributed by atoms with Crippen LogP contribution in [0, 0.1) is 0 Å². The number of benzene rings is 1. The fourth-order valence-corrected chi connectivity index (χ4v) is 2.39. The molecule has 10 heteroatoms. The Labute approximate surface area is 171 Å². The molecule has 0 bridgehead atoms. The van der Waals surface area contributed by atoms with Gasteiger partial charge < -0.3 is 25.1 Å². The first-order valence-electron chi connectivity index (χ1n) is 7.97. The molecule has 1 amide bonds. The summed E-state index contributed by atoms with van der Waals surface area (Å²) in [5.74, 6) is 1.00. The average Bonchev–Trinajstić information content (AvgIpc) is 3.04. The number of ether oxygens (including phenoxy) is 2. The minimum absolute atomic E-state index is 0. The van der Waals surface area contributed by atoms with Crippen molar-refractivity contribution in [3.05, 3.63) is 23.9 Å². The van der Waals surface area contributed by atoms with Gasteiger partial charge in [0, 0.05) is 19.0 Å². The summed E-state index contributed by atoms with van der Waals surface area (Å²) in [5.41, 5.74) is 6.61. The number of halogens is 2. The molecular formula is C17H27Cl2N5O3. The Morgan fingerprint density at radius 1 is 1.30 bits per heavy atom. The van der Waals surface area contributed by atoms with E-state index in [0.29, 0.717) is 29.3 Å². The normalized spacial score (nSPS) is 10.9. The lowest BCUT2D eigenvalue weighted by Gasteiger charge is -2.11. The number of aliphatic imine (C=N–C) groups is 1. The number of hydrogen-bond acceptors (Lipinski definition) is 5. The summed E-state index contributed by atoms with van der Waals surface area (Å²) in [6, 6.07) is 5.36. The first-order chi connectivity index (χ1) is 12.0. The molecule has 0 aliphatic rings. The van der Waals surface area contributed by atoms with Gasteiger partial charge in [-0.1, -0.05) is 0 Å². The molecule has 0 radical (unpaired) electrons. The molecule has 2 aromatic rings. The Kier molecular flexibility index (Phi) is 10.6. The summed E-state index contributed by atoms with van der Waals surface area (Å²) in [4.78, 5) is 21.1. The van der Waals surface area contributed by atoms with E-state index in [1.165, 1.54) is 7.05 Å². The van der Waals surface area contributed by atoms with E-state index >= 15 is 0 Å². The van der Waals surface area contributed by atoms with Crippen LogP contribution < -0.4 is 20.5 Å². The summed E-state index contributed by atoms with van der Waals surface area (Å²) in [6.45, 7) is 1.52. The van der Waals surface area contributed by atoms with Crippen LogP contribution in [0.3, 0.4) is 0 Å². The number of methoxy groups -OCH3 is 1. The highest BCUT2D eigenvalue weighted by atomic mass is 35.5. The van der Waals surface area contributed by atoms with Crippen molar-refractivity contribution in [1.82, 2.24) is 15.2 Å². The van der Waals surface area contributed by atoms with Gasteiger partial charge in [0.05, 0.1) is 19.2 Å². The second kappa shape index (κ2) is 11.5. The van der Waals surface area contributed by atoms with E-state index in [0.717, 1.165) is 18.4 Å². The molecule has 0 atom stereocenters. The third-order valence-corrected chi connectivity index (χ3v) is 3.67. The van der Waals surface area contributed by atoms with E-state index < -0.39 is 0 Å². The number of H-pyrrole nitrogens is 1. The number of nitrogens with two attached hydrogens (primary N) is 1. The minimum atomic E-state index is -0.375. The van der Waals surface area contributed by atoms with Crippen LogP contribution >= 0.6 is 24.8 Å². The maximum Gasteiger partial charge on any atom is 0.274 e. The van der Waals surface area contributed by atoms with E-state index in [1.54, 1.807) is 13.2 Å². The van der Waals surface area contributed by atoms with Crippen molar-refractivity contribution >= 4 is 47.6 Å². The van der Waals surface area contributed by atoms with Gasteiger partial charge in [-0.05, 0) is 38.7 Å². The van der Waals surface area contributed by atoms with Gasteiger partial charge in [0.25, 0.3) is 5.91 Å². The molecule has 1 aromatic heterocycles. The maximum absolute atomic E-state index is 12.2. The third-order valence-electron chi connectivity index (χ3n) is 3.67. The number of carbonyl (C=O) groups excluding carboxylic acids is 1.